The van der Waals surface area contributed by atoms with Crippen molar-refractivity contribution in [2.75, 3.05) is 5.73 Å². The van der Waals surface area contributed by atoms with Gasteiger partial charge in [0.2, 0.25) is 0 Å². The third kappa shape index (κ3) is 5.73. The number of imidazole rings is 1. The second-order valence-corrected chi connectivity index (χ2v) is 9.98. The first-order valence-electron chi connectivity index (χ1n) is 12.1. The van der Waals surface area contributed by atoms with Gasteiger partial charge in [0.15, 0.2) is 11.5 Å². The van der Waals surface area contributed by atoms with E-state index in [1.54, 1.807) is 37.3 Å². The van der Waals surface area contributed by atoms with Crippen LogP contribution in [0.3, 0.4) is 0 Å². The van der Waals surface area contributed by atoms with Gasteiger partial charge in [-0.1, -0.05) is 45.0 Å². The average molecular weight is 512 g/mol. The number of amides is 1. The minimum absolute atomic E-state index is 0.0171. The van der Waals surface area contributed by atoms with Crippen LogP contribution in [-0.2, 0) is 11.3 Å². The van der Waals surface area contributed by atoms with Crippen molar-refractivity contribution in [2.45, 2.75) is 40.3 Å². The van der Waals surface area contributed by atoms with Gasteiger partial charge in [-0.25, -0.2) is 14.8 Å². The SMILES string of the molecule is C[C@@H](Cn1c(=O)n(-c2ccc(Oc3ccccc3)cc2)c2c(N)ncnc21)NC(=O)/C(C#N)=C/C(C)(C)C. The first-order chi connectivity index (χ1) is 18.1. The van der Waals surface area contributed by atoms with E-state index in [9.17, 15) is 14.9 Å². The zero-order chi connectivity index (χ0) is 27.4. The summed E-state index contributed by atoms with van der Waals surface area (Å²) in [7, 11) is 0. The van der Waals surface area contributed by atoms with Crippen molar-refractivity contribution in [2.24, 2.45) is 5.41 Å². The van der Waals surface area contributed by atoms with Gasteiger partial charge in [0.05, 0.1) is 5.69 Å². The minimum Gasteiger partial charge on any atom is -0.457 e. The van der Waals surface area contributed by atoms with Crippen molar-refractivity contribution in [3.8, 4) is 23.3 Å². The standard InChI is InChI=1S/C28H29N7O3/c1-18(33-26(36)19(15-29)14-28(2,3)4)16-34-25-23(24(30)31-17-32-25)35(27(34)37)20-10-12-22(13-11-20)38-21-8-6-5-7-9-21/h5-14,17-18H,16H2,1-4H3,(H,33,36)(H2,30,31,32)/b19-14+/t18-/m0/s1. The van der Waals surface area contributed by atoms with Crippen LogP contribution in [0.2, 0.25) is 0 Å². The summed E-state index contributed by atoms with van der Waals surface area (Å²) in [6.07, 6.45) is 2.91. The molecule has 0 aliphatic rings. The van der Waals surface area contributed by atoms with Crippen LogP contribution >= 0.6 is 0 Å². The van der Waals surface area contributed by atoms with Gasteiger partial charge in [-0.05, 0) is 48.7 Å². The van der Waals surface area contributed by atoms with Crippen LogP contribution in [0.4, 0.5) is 5.82 Å². The smallest absolute Gasteiger partial charge is 0.335 e. The van der Waals surface area contributed by atoms with E-state index in [0.29, 0.717) is 28.4 Å². The molecule has 4 rings (SSSR count). The number of nitrogens with one attached hydrogen (secondary N) is 1. The maximum atomic E-state index is 13.6. The Morgan fingerprint density at radius 1 is 1.13 bits per heavy atom. The third-order valence-corrected chi connectivity index (χ3v) is 5.58. The fourth-order valence-corrected chi connectivity index (χ4v) is 4.00. The lowest BCUT2D eigenvalue weighted by Crippen LogP contribution is -2.39. The topological polar surface area (TPSA) is 141 Å². The average Bonchev–Trinajstić information content (AvgIpc) is 3.15. The Hall–Kier alpha value is -4.91. The summed E-state index contributed by atoms with van der Waals surface area (Å²) >= 11 is 0. The largest absolute Gasteiger partial charge is 0.457 e. The molecule has 0 aliphatic carbocycles. The molecule has 38 heavy (non-hydrogen) atoms. The van der Waals surface area contributed by atoms with E-state index in [-0.39, 0.29) is 23.4 Å². The van der Waals surface area contributed by atoms with Crippen LogP contribution in [0.1, 0.15) is 27.7 Å². The molecule has 0 unspecified atom stereocenters. The molecule has 0 fully saturated rings. The Labute approximate surface area is 220 Å². The lowest BCUT2D eigenvalue weighted by atomic mass is 9.93. The van der Waals surface area contributed by atoms with E-state index in [2.05, 4.69) is 15.3 Å². The number of hydrogen-bond donors (Lipinski definition) is 2. The molecule has 2 heterocycles. The number of nitriles is 1. The van der Waals surface area contributed by atoms with Gasteiger partial charge in [-0.15, -0.1) is 0 Å². The summed E-state index contributed by atoms with van der Waals surface area (Å²) in [4.78, 5) is 34.7. The van der Waals surface area contributed by atoms with Crippen LogP contribution in [0.5, 0.6) is 11.5 Å². The number of allylic oxidation sites excluding steroid dienone is 1. The second kappa shape index (κ2) is 10.6. The van der Waals surface area contributed by atoms with Gasteiger partial charge in [-0.2, -0.15) is 5.26 Å². The second-order valence-electron chi connectivity index (χ2n) is 9.98. The van der Waals surface area contributed by atoms with Crippen molar-refractivity contribution in [1.29, 1.82) is 5.26 Å². The number of anilines is 1. The number of aromatic nitrogens is 4. The minimum atomic E-state index is -0.505. The summed E-state index contributed by atoms with van der Waals surface area (Å²) in [6, 6.07) is 17.8. The molecule has 4 aromatic rings. The van der Waals surface area contributed by atoms with Gasteiger partial charge >= 0.3 is 5.69 Å². The zero-order valence-corrected chi connectivity index (χ0v) is 21.7. The Kier molecular flexibility index (Phi) is 7.30. The van der Waals surface area contributed by atoms with Crippen LogP contribution in [0, 0.1) is 16.7 Å². The van der Waals surface area contributed by atoms with Gasteiger partial charge in [-0.3, -0.25) is 13.9 Å². The molecule has 0 spiro atoms. The fourth-order valence-electron chi connectivity index (χ4n) is 4.00. The summed E-state index contributed by atoms with van der Waals surface area (Å²) in [5.74, 6) is 0.940. The van der Waals surface area contributed by atoms with E-state index < -0.39 is 17.6 Å². The van der Waals surface area contributed by atoms with Crippen molar-refractivity contribution < 1.29 is 9.53 Å². The first-order valence-corrected chi connectivity index (χ1v) is 12.1. The molecular formula is C28H29N7O3. The van der Waals surface area contributed by atoms with Crippen molar-refractivity contribution in [3.63, 3.8) is 0 Å². The van der Waals surface area contributed by atoms with E-state index in [4.69, 9.17) is 10.5 Å². The quantitative estimate of drug-likeness (QED) is 0.283. The summed E-state index contributed by atoms with van der Waals surface area (Å²) < 4.78 is 8.73. The summed E-state index contributed by atoms with van der Waals surface area (Å²) in [5, 5.41) is 12.2. The lowest BCUT2D eigenvalue weighted by Gasteiger charge is -2.16. The number of nitrogens with two attached hydrogens (primary N) is 1. The third-order valence-electron chi connectivity index (χ3n) is 5.58. The fraction of sp³-hybridized carbons (Fsp3) is 0.250. The molecule has 10 heteroatoms. The monoisotopic (exact) mass is 511 g/mol. The highest BCUT2D eigenvalue weighted by Gasteiger charge is 2.22. The van der Waals surface area contributed by atoms with E-state index in [1.807, 2.05) is 57.2 Å². The number of carbonyl (C=O) groups is 1. The molecule has 3 N–H and O–H groups in total. The van der Waals surface area contributed by atoms with E-state index >= 15 is 0 Å². The van der Waals surface area contributed by atoms with Gasteiger partial charge in [0.25, 0.3) is 5.91 Å². The number of fused-ring (bicyclic) bond motifs is 1. The number of ether oxygens (including phenoxy) is 1. The number of nitrogen functional groups attached to an aromatic ring is 1. The van der Waals surface area contributed by atoms with Gasteiger partial charge in [0.1, 0.15) is 35.0 Å². The maximum absolute atomic E-state index is 13.6. The number of para-hydroxylation sites is 1. The molecule has 2 aromatic carbocycles. The Balaban J connectivity index is 1.65. The molecule has 0 radical (unpaired) electrons. The highest BCUT2D eigenvalue weighted by molar-refractivity contribution is 5.97. The normalized spacial score (nSPS) is 12.7. The molecule has 1 amide bonds. The maximum Gasteiger partial charge on any atom is 0.335 e. The van der Waals surface area contributed by atoms with E-state index in [0.717, 1.165) is 0 Å². The van der Waals surface area contributed by atoms with Crippen LogP contribution in [0.15, 0.2) is 77.4 Å². The van der Waals surface area contributed by atoms with Gasteiger partial charge in [0, 0.05) is 12.6 Å². The highest BCUT2D eigenvalue weighted by Crippen LogP contribution is 2.25. The van der Waals surface area contributed by atoms with Crippen molar-refractivity contribution >= 4 is 22.9 Å². The van der Waals surface area contributed by atoms with Crippen molar-refractivity contribution in [1.82, 2.24) is 24.4 Å². The number of nitrogens with zero attached hydrogens (tertiary/aromatic N) is 5. The molecule has 1 atom stereocenters. The van der Waals surface area contributed by atoms with E-state index in [1.165, 1.54) is 15.5 Å². The Morgan fingerprint density at radius 3 is 2.42 bits per heavy atom. The molecule has 0 saturated heterocycles. The Morgan fingerprint density at radius 2 is 1.79 bits per heavy atom. The molecule has 0 bridgehead atoms. The molecule has 0 aliphatic heterocycles. The van der Waals surface area contributed by atoms with Gasteiger partial charge < -0.3 is 15.8 Å². The number of benzene rings is 2. The highest BCUT2D eigenvalue weighted by atomic mass is 16.5. The zero-order valence-electron chi connectivity index (χ0n) is 21.7. The molecular weight excluding hydrogens is 482 g/mol. The molecule has 0 saturated carbocycles. The molecule has 2 aromatic heterocycles. The Bertz CT molecular complexity index is 1590. The van der Waals surface area contributed by atoms with Crippen molar-refractivity contribution in [3.05, 3.63) is 83.1 Å². The van der Waals surface area contributed by atoms with Crippen LogP contribution < -0.4 is 21.5 Å². The first kappa shape index (κ1) is 26.2. The van der Waals surface area contributed by atoms with Crippen LogP contribution in [0.25, 0.3) is 16.9 Å². The lowest BCUT2D eigenvalue weighted by molar-refractivity contribution is -0.117. The predicted octanol–water partition coefficient (Wildman–Crippen LogP) is 3.96. The number of hydrogen-bond acceptors (Lipinski definition) is 7. The molecule has 10 nitrogen and oxygen atoms in total. The predicted molar refractivity (Wildman–Crippen MR) is 145 cm³/mol. The molecule has 194 valence electrons. The summed E-state index contributed by atoms with van der Waals surface area (Å²) in [5.41, 5.74) is 6.70. The number of rotatable bonds is 7. The summed E-state index contributed by atoms with van der Waals surface area (Å²) in [6.45, 7) is 7.56. The number of carbonyl (C=O) groups excluding carboxylic acids is 1. The van der Waals surface area contributed by atoms with Crippen LogP contribution in [-0.4, -0.2) is 31.1 Å².